The van der Waals surface area contributed by atoms with Gasteiger partial charge in [-0.05, 0) is 26.3 Å². The molecule has 1 aromatic carbocycles. The van der Waals surface area contributed by atoms with Crippen LogP contribution in [-0.2, 0) is 16.0 Å². The van der Waals surface area contributed by atoms with Gasteiger partial charge in [-0.15, -0.1) is 0 Å². The maximum absolute atomic E-state index is 12.3. The molecule has 0 spiro atoms. The molecule has 0 unspecified atom stereocenters. The van der Waals surface area contributed by atoms with Crippen LogP contribution in [0.2, 0.25) is 0 Å². The normalized spacial score (nSPS) is 12.4. The highest BCUT2D eigenvalue weighted by atomic mass is 16.6. The van der Waals surface area contributed by atoms with Crippen molar-refractivity contribution in [2.75, 3.05) is 14.1 Å². The van der Waals surface area contributed by atoms with E-state index in [0.29, 0.717) is 6.42 Å². The number of amides is 2. The highest BCUT2D eigenvalue weighted by Crippen LogP contribution is 2.11. The van der Waals surface area contributed by atoms with E-state index in [4.69, 9.17) is 4.74 Å². The molecule has 0 heterocycles. The van der Waals surface area contributed by atoms with Gasteiger partial charge in [0.1, 0.15) is 11.6 Å². The van der Waals surface area contributed by atoms with Crippen LogP contribution in [0.15, 0.2) is 30.3 Å². The van der Waals surface area contributed by atoms with Crippen molar-refractivity contribution in [1.82, 2.24) is 10.2 Å². The molecule has 0 fully saturated rings. The second-order valence-corrected chi connectivity index (χ2v) is 6.12. The number of benzene rings is 1. The first kappa shape index (κ1) is 17.0. The monoisotopic (exact) mass is 292 g/mol. The van der Waals surface area contributed by atoms with E-state index >= 15 is 0 Å². The summed E-state index contributed by atoms with van der Waals surface area (Å²) in [6.45, 7) is 5.41. The zero-order valence-corrected chi connectivity index (χ0v) is 13.3. The predicted molar refractivity (Wildman–Crippen MR) is 82.0 cm³/mol. The predicted octanol–water partition coefficient (Wildman–Crippen LogP) is 2.21. The zero-order chi connectivity index (χ0) is 16.0. The first-order valence-corrected chi connectivity index (χ1v) is 6.93. The lowest BCUT2D eigenvalue weighted by molar-refractivity contribution is -0.157. The summed E-state index contributed by atoms with van der Waals surface area (Å²) in [7, 11) is 3.26. The molecule has 1 N–H and O–H groups in total. The fourth-order valence-corrected chi connectivity index (χ4v) is 1.69. The highest BCUT2D eigenvalue weighted by Gasteiger charge is 2.27. The quantitative estimate of drug-likeness (QED) is 0.866. The summed E-state index contributed by atoms with van der Waals surface area (Å²) in [5.74, 6) is -0.429. The SMILES string of the molecule is CN(C)C(=O)N[C@H](Cc1ccccc1)C(=O)OC(C)(C)C. The van der Waals surface area contributed by atoms with Crippen LogP contribution in [0.25, 0.3) is 0 Å². The van der Waals surface area contributed by atoms with E-state index in [2.05, 4.69) is 5.32 Å². The Bertz CT molecular complexity index is 478. The third-order valence-electron chi connectivity index (χ3n) is 2.68. The summed E-state index contributed by atoms with van der Waals surface area (Å²) in [5, 5.41) is 2.70. The summed E-state index contributed by atoms with van der Waals surface area (Å²) in [6, 6.07) is 8.51. The lowest BCUT2D eigenvalue weighted by Gasteiger charge is -2.25. The van der Waals surface area contributed by atoms with E-state index in [-0.39, 0.29) is 6.03 Å². The maximum Gasteiger partial charge on any atom is 0.329 e. The van der Waals surface area contributed by atoms with E-state index in [1.54, 1.807) is 34.9 Å². The van der Waals surface area contributed by atoms with Crippen LogP contribution >= 0.6 is 0 Å². The van der Waals surface area contributed by atoms with Crippen molar-refractivity contribution in [2.24, 2.45) is 0 Å². The molecule has 0 aliphatic carbocycles. The van der Waals surface area contributed by atoms with Crippen LogP contribution < -0.4 is 5.32 Å². The molecule has 2 amide bonds. The lowest BCUT2D eigenvalue weighted by atomic mass is 10.1. The third kappa shape index (κ3) is 6.29. The molecule has 5 nitrogen and oxygen atoms in total. The minimum absolute atomic E-state index is 0.318. The molecule has 0 bridgehead atoms. The smallest absolute Gasteiger partial charge is 0.329 e. The van der Waals surface area contributed by atoms with Gasteiger partial charge in [-0.1, -0.05) is 30.3 Å². The van der Waals surface area contributed by atoms with Gasteiger partial charge in [0, 0.05) is 20.5 Å². The van der Waals surface area contributed by atoms with Crippen LogP contribution in [0, 0.1) is 0 Å². The van der Waals surface area contributed by atoms with Gasteiger partial charge in [-0.3, -0.25) is 0 Å². The van der Waals surface area contributed by atoms with Crippen molar-refractivity contribution in [3.05, 3.63) is 35.9 Å². The summed E-state index contributed by atoms with van der Waals surface area (Å²) in [4.78, 5) is 25.5. The summed E-state index contributed by atoms with van der Waals surface area (Å²) >= 11 is 0. The van der Waals surface area contributed by atoms with E-state index in [0.717, 1.165) is 5.56 Å². The van der Waals surface area contributed by atoms with Gasteiger partial charge in [0.25, 0.3) is 0 Å². The molecule has 5 heteroatoms. The van der Waals surface area contributed by atoms with Crippen molar-refractivity contribution in [2.45, 2.75) is 38.8 Å². The molecule has 116 valence electrons. The van der Waals surface area contributed by atoms with Crippen LogP contribution in [0.4, 0.5) is 4.79 Å². The number of carbonyl (C=O) groups is 2. The van der Waals surface area contributed by atoms with Gasteiger partial charge in [0.2, 0.25) is 0 Å². The molecule has 0 saturated carbocycles. The molecular weight excluding hydrogens is 268 g/mol. The number of nitrogens with one attached hydrogen (secondary N) is 1. The Kier molecular flexibility index (Phi) is 5.76. The average molecular weight is 292 g/mol. The average Bonchev–Trinajstić information content (AvgIpc) is 2.36. The molecule has 1 aromatic rings. The standard InChI is InChI=1S/C16H24N2O3/c1-16(2,3)21-14(19)13(17-15(20)18(4)5)11-12-9-7-6-8-10-12/h6-10,13H,11H2,1-5H3,(H,17,20)/t13-/m1/s1. The van der Waals surface area contributed by atoms with Crippen molar-refractivity contribution in [1.29, 1.82) is 0 Å². The zero-order valence-electron chi connectivity index (χ0n) is 13.3. The number of carbonyl (C=O) groups excluding carboxylic acids is 2. The van der Waals surface area contributed by atoms with E-state index in [1.807, 2.05) is 30.3 Å². The van der Waals surface area contributed by atoms with Crippen LogP contribution in [-0.4, -0.2) is 42.6 Å². The molecule has 0 radical (unpaired) electrons. The van der Waals surface area contributed by atoms with Gasteiger partial charge < -0.3 is 15.0 Å². The Morgan fingerprint density at radius 2 is 1.76 bits per heavy atom. The van der Waals surface area contributed by atoms with Crippen LogP contribution in [0.5, 0.6) is 0 Å². The molecule has 0 saturated heterocycles. The Labute approximate surface area is 126 Å². The topological polar surface area (TPSA) is 58.6 Å². The van der Waals surface area contributed by atoms with Gasteiger partial charge in [-0.2, -0.15) is 0 Å². The van der Waals surface area contributed by atoms with E-state index in [1.165, 1.54) is 4.90 Å². The summed E-state index contributed by atoms with van der Waals surface area (Å²) in [6.07, 6.45) is 0.398. The number of hydrogen-bond donors (Lipinski definition) is 1. The maximum atomic E-state index is 12.3. The lowest BCUT2D eigenvalue weighted by Crippen LogP contribution is -2.48. The fraction of sp³-hybridized carbons (Fsp3) is 0.500. The Balaban J connectivity index is 2.84. The molecule has 1 atom stereocenters. The van der Waals surface area contributed by atoms with E-state index in [9.17, 15) is 9.59 Å². The summed E-state index contributed by atoms with van der Waals surface area (Å²) < 4.78 is 5.38. The fourth-order valence-electron chi connectivity index (χ4n) is 1.69. The van der Waals surface area contributed by atoms with Crippen molar-refractivity contribution in [3.63, 3.8) is 0 Å². The molecule has 0 aliphatic heterocycles. The van der Waals surface area contributed by atoms with Crippen molar-refractivity contribution >= 4 is 12.0 Å². The van der Waals surface area contributed by atoms with E-state index < -0.39 is 17.6 Å². The van der Waals surface area contributed by atoms with Gasteiger partial charge >= 0.3 is 12.0 Å². The Morgan fingerprint density at radius 3 is 2.24 bits per heavy atom. The third-order valence-corrected chi connectivity index (χ3v) is 2.68. The molecule has 1 rings (SSSR count). The molecule has 21 heavy (non-hydrogen) atoms. The number of ether oxygens (including phenoxy) is 1. The largest absolute Gasteiger partial charge is 0.458 e. The first-order chi connectivity index (χ1) is 9.69. The second kappa shape index (κ2) is 7.11. The molecule has 0 aliphatic rings. The molecule has 0 aromatic heterocycles. The number of urea groups is 1. The van der Waals surface area contributed by atoms with Crippen LogP contribution in [0.1, 0.15) is 26.3 Å². The first-order valence-electron chi connectivity index (χ1n) is 6.93. The Morgan fingerprint density at radius 1 is 1.19 bits per heavy atom. The van der Waals surface area contributed by atoms with Gasteiger partial charge in [-0.25, -0.2) is 9.59 Å². The van der Waals surface area contributed by atoms with Crippen molar-refractivity contribution in [3.8, 4) is 0 Å². The van der Waals surface area contributed by atoms with Crippen molar-refractivity contribution < 1.29 is 14.3 Å². The van der Waals surface area contributed by atoms with Gasteiger partial charge in [0.15, 0.2) is 0 Å². The number of esters is 1. The molecular formula is C16H24N2O3. The summed E-state index contributed by atoms with van der Waals surface area (Å²) in [5.41, 5.74) is 0.377. The van der Waals surface area contributed by atoms with Gasteiger partial charge in [0.05, 0.1) is 0 Å². The number of hydrogen-bond acceptors (Lipinski definition) is 3. The highest BCUT2D eigenvalue weighted by molar-refractivity contribution is 5.83. The number of nitrogens with zero attached hydrogens (tertiary/aromatic N) is 1. The number of rotatable bonds is 4. The minimum Gasteiger partial charge on any atom is -0.458 e. The minimum atomic E-state index is -0.707. The second-order valence-electron chi connectivity index (χ2n) is 6.12. The Hall–Kier alpha value is -2.04. The van der Waals surface area contributed by atoms with Crippen LogP contribution in [0.3, 0.4) is 0 Å².